The summed E-state index contributed by atoms with van der Waals surface area (Å²) in [5, 5.41) is 2.87. The molecule has 30 heavy (non-hydrogen) atoms. The summed E-state index contributed by atoms with van der Waals surface area (Å²) in [4.78, 5) is 12.7. The number of hydrogen-bond donors (Lipinski definition) is 2. The summed E-state index contributed by atoms with van der Waals surface area (Å²) in [6.07, 6.45) is 0. The number of amides is 1. The quantitative estimate of drug-likeness (QED) is 0.573. The Morgan fingerprint density at radius 1 is 0.967 bits per heavy atom. The van der Waals surface area contributed by atoms with Gasteiger partial charge in [-0.2, -0.15) is 0 Å². The van der Waals surface area contributed by atoms with Crippen LogP contribution in [0.1, 0.15) is 22.8 Å². The zero-order chi connectivity index (χ0) is 21.6. The van der Waals surface area contributed by atoms with Crippen LogP contribution >= 0.6 is 0 Å². The molecule has 0 saturated carbocycles. The molecule has 0 heterocycles. The molecule has 7 heteroatoms. The molecule has 6 nitrogen and oxygen atoms in total. The van der Waals surface area contributed by atoms with E-state index in [1.165, 1.54) is 18.2 Å². The highest BCUT2D eigenvalue weighted by molar-refractivity contribution is 7.92. The molecule has 0 saturated heterocycles. The van der Waals surface area contributed by atoms with Gasteiger partial charge in [0.05, 0.1) is 10.9 Å². The second-order valence-electron chi connectivity index (χ2n) is 6.95. The van der Waals surface area contributed by atoms with Crippen molar-refractivity contribution < 1.29 is 17.9 Å². The number of rotatable bonds is 8. The summed E-state index contributed by atoms with van der Waals surface area (Å²) in [5.41, 5.74) is 1.69. The molecule has 0 aliphatic heterocycles. The molecule has 0 unspecified atom stereocenters. The number of benzene rings is 3. The van der Waals surface area contributed by atoms with Crippen molar-refractivity contribution in [2.24, 2.45) is 0 Å². The SMILES string of the molecule is Cc1ccccc1OC[C@@H](C)NC(=O)c1cccc(NS(=O)(=O)c2ccccc2)c1. The Kier molecular flexibility index (Phi) is 6.74. The molecule has 3 aromatic carbocycles. The van der Waals surface area contributed by atoms with E-state index in [2.05, 4.69) is 10.0 Å². The molecule has 156 valence electrons. The summed E-state index contributed by atoms with van der Waals surface area (Å²) in [6, 6.07) is 21.9. The minimum atomic E-state index is -3.72. The number of carbonyl (C=O) groups is 1. The lowest BCUT2D eigenvalue weighted by atomic mass is 10.2. The molecule has 0 aromatic heterocycles. The Labute approximate surface area is 177 Å². The van der Waals surface area contributed by atoms with Gasteiger partial charge in [-0.05, 0) is 55.8 Å². The minimum Gasteiger partial charge on any atom is -0.491 e. The second kappa shape index (κ2) is 9.45. The molecule has 3 rings (SSSR count). The van der Waals surface area contributed by atoms with Crippen LogP contribution in [0.15, 0.2) is 83.8 Å². The van der Waals surface area contributed by atoms with Crippen molar-refractivity contribution >= 4 is 21.6 Å². The molecule has 3 aromatic rings. The Morgan fingerprint density at radius 2 is 1.67 bits per heavy atom. The van der Waals surface area contributed by atoms with E-state index >= 15 is 0 Å². The monoisotopic (exact) mass is 424 g/mol. The standard InChI is InChI=1S/C23H24N2O4S/c1-17-9-6-7-14-22(17)29-16-18(2)24-23(26)19-10-8-11-20(15-19)25-30(27,28)21-12-4-3-5-13-21/h3-15,18,25H,16H2,1-2H3,(H,24,26)/t18-/m1/s1. The molecular formula is C23H24N2O4S. The van der Waals surface area contributed by atoms with E-state index in [0.29, 0.717) is 17.9 Å². The predicted molar refractivity (Wildman–Crippen MR) is 117 cm³/mol. The van der Waals surface area contributed by atoms with Crippen LogP contribution in [0.4, 0.5) is 5.69 Å². The largest absolute Gasteiger partial charge is 0.491 e. The normalized spacial score (nSPS) is 12.1. The number of nitrogens with one attached hydrogen (secondary N) is 2. The Hall–Kier alpha value is -3.32. The van der Waals surface area contributed by atoms with Gasteiger partial charge in [0.2, 0.25) is 0 Å². The van der Waals surface area contributed by atoms with Gasteiger partial charge in [-0.15, -0.1) is 0 Å². The van der Waals surface area contributed by atoms with Gasteiger partial charge in [-0.1, -0.05) is 42.5 Å². The smallest absolute Gasteiger partial charge is 0.261 e. The van der Waals surface area contributed by atoms with Crippen LogP contribution in [0.3, 0.4) is 0 Å². The average Bonchev–Trinajstić information content (AvgIpc) is 2.73. The van der Waals surface area contributed by atoms with Gasteiger partial charge in [0.1, 0.15) is 12.4 Å². The van der Waals surface area contributed by atoms with Gasteiger partial charge < -0.3 is 10.1 Å². The molecular weight excluding hydrogens is 400 g/mol. The highest BCUT2D eigenvalue weighted by Gasteiger charge is 2.15. The third-order valence-electron chi connectivity index (χ3n) is 4.39. The fourth-order valence-corrected chi connectivity index (χ4v) is 3.89. The lowest BCUT2D eigenvalue weighted by molar-refractivity contribution is 0.0926. The first-order chi connectivity index (χ1) is 14.3. The van der Waals surface area contributed by atoms with Gasteiger partial charge in [0.25, 0.3) is 15.9 Å². The van der Waals surface area contributed by atoms with Crippen LogP contribution in [-0.4, -0.2) is 27.0 Å². The number of carbonyl (C=O) groups excluding carboxylic acids is 1. The van der Waals surface area contributed by atoms with Crippen molar-refractivity contribution in [3.8, 4) is 5.75 Å². The van der Waals surface area contributed by atoms with Gasteiger partial charge in [-0.3, -0.25) is 9.52 Å². The van der Waals surface area contributed by atoms with E-state index in [-0.39, 0.29) is 16.8 Å². The van der Waals surface area contributed by atoms with E-state index in [0.717, 1.165) is 11.3 Å². The van der Waals surface area contributed by atoms with Crippen LogP contribution in [-0.2, 0) is 10.0 Å². The molecule has 0 aliphatic rings. The van der Waals surface area contributed by atoms with Gasteiger partial charge >= 0.3 is 0 Å². The van der Waals surface area contributed by atoms with Gasteiger partial charge in [0, 0.05) is 11.3 Å². The van der Waals surface area contributed by atoms with Crippen molar-refractivity contribution in [2.45, 2.75) is 24.8 Å². The summed E-state index contributed by atoms with van der Waals surface area (Å²) in [5.74, 6) is 0.465. The number of aryl methyl sites for hydroxylation is 1. The lowest BCUT2D eigenvalue weighted by Gasteiger charge is -2.16. The van der Waals surface area contributed by atoms with Gasteiger partial charge in [0.15, 0.2) is 0 Å². The molecule has 1 amide bonds. The molecule has 0 radical (unpaired) electrons. The Morgan fingerprint density at radius 3 is 2.40 bits per heavy atom. The van der Waals surface area contributed by atoms with Crippen molar-refractivity contribution in [3.63, 3.8) is 0 Å². The predicted octanol–water partition coefficient (Wildman–Crippen LogP) is 3.99. The number of anilines is 1. The van der Waals surface area contributed by atoms with Crippen molar-refractivity contribution in [2.75, 3.05) is 11.3 Å². The van der Waals surface area contributed by atoms with E-state index in [1.54, 1.807) is 36.4 Å². The molecule has 2 N–H and O–H groups in total. The number of sulfonamides is 1. The van der Waals surface area contributed by atoms with E-state index in [9.17, 15) is 13.2 Å². The van der Waals surface area contributed by atoms with Crippen LogP contribution in [0.5, 0.6) is 5.75 Å². The summed E-state index contributed by atoms with van der Waals surface area (Å²) < 4.78 is 33.2. The fourth-order valence-electron chi connectivity index (χ4n) is 2.82. The number of ether oxygens (including phenoxy) is 1. The van der Waals surface area contributed by atoms with Gasteiger partial charge in [-0.25, -0.2) is 8.42 Å². The minimum absolute atomic E-state index is 0.154. The fraction of sp³-hybridized carbons (Fsp3) is 0.174. The second-order valence-corrected chi connectivity index (χ2v) is 8.63. The molecule has 0 aliphatic carbocycles. The van der Waals surface area contributed by atoms with Crippen LogP contribution in [0, 0.1) is 6.92 Å². The average molecular weight is 425 g/mol. The summed E-state index contributed by atoms with van der Waals surface area (Å²) in [7, 11) is -3.72. The molecule has 0 spiro atoms. The maximum absolute atomic E-state index is 12.6. The highest BCUT2D eigenvalue weighted by Crippen LogP contribution is 2.18. The maximum atomic E-state index is 12.6. The first kappa shape index (κ1) is 21.4. The molecule has 0 bridgehead atoms. The number of hydrogen-bond acceptors (Lipinski definition) is 4. The zero-order valence-corrected chi connectivity index (χ0v) is 17.6. The topological polar surface area (TPSA) is 84.5 Å². The van der Waals surface area contributed by atoms with Crippen molar-refractivity contribution in [1.82, 2.24) is 5.32 Å². The van der Waals surface area contributed by atoms with Crippen molar-refractivity contribution in [1.29, 1.82) is 0 Å². The molecule has 0 fully saturated rings. The van der Waals surface area contributed by atoms with Crippen LogP contribution in [0.25, 0.3) is 0 Å². The third-order valence-corrected chi connectivity index (χ3v) is 5.79. The highest BCUT2D eigenvalue weighted by atomic mass is 32.2. The maximum Gasteiger partial charge on any atom is 0.261 e. The number of para-hydroxylation sites is 1. The van der Waals surface area contributed by atoms with E-state index < -0.39 is 10.0 Å². The van der Waals surface area contributed by atoms with Crippen LogP contribution < -0.4 is 14.8 Å². The Bertz CT molecular complexity index is 1110. The Balaban J connectivity index is 1.62. The first-order valence-corrected chi connectivity index (χ1v) is 11.0. The van der Waals surface area contributed by atoms with E-state index in [1.807, 2.05) is 38.1 Å². The summed E-state index contributed by atoms with van der Waals surface area (Å²) >= 11 is 0. The summed E-state index contributed by atoms with van der Waals surface area (Å²) in [6.45, 7) is 4.12. The van der Waals surface area contributed by atoms with Crippen LogP contribution in [0.2, 0.25) is 0 Å². The van der Waals surface area contributed by atoms with E-state index in [4.69, 9.17) is 4.74 Å². The third kappa shape index (κ3) is 5.61. The zero-order valence-electron chi connectivity index (χ0n) is 16.8. The molecule has 1 atom stereocenters. The lowest BCUT2D eigenvalue weighted by Crippen LogP contribution is -2.36. The first-order valence-electron chi connectivity index (χ1n) is 9.52. The van der Waals surface area contributed by atoms with Crippen molar-refractivity contribution in [3.05, 3.63) is 90.0 Å².